The molecular weight excluding hydrogens is 538 g/mol. The number of rotatable bonds is 5. The Bertz CT molecular complexity index is 1110. The summed E-state index contributed by atoms with van der Waals surface area (Å²) in [5, 5.41) is 15.2. The van der Waals surface area contributed by atoms with Gasteiger partial charge >= 0.3 is 0 Å². The lowest BCUT2D eigenvalue weighted by Gasteiger charge is -2.25. The van der Waals surface area contributed by atoms with Crippen molar-refractivity contribution in [2.75, 3.05) is 13.1 Å². The summed E-state index contributed by atoms with van der Waals surface area (Å²) in [6.07, 6.45) is 3.45. The molecule has 16 nitrogen and oxygen atoms in total. The summed E-state index contributed by atoms with van der Waals surface area (Å²) in [6.45, 7) is 4.26. The summed E-state index contributed by atoms with van der Waals surface area (Å²) < 4.78 is 0. The maximum absolute atomic E-state index is 13.1. The van der Waals surface area contributed by atoms with Crippen LogP contribution in [0.2, 0.25) is 0 Å². The Balaban J connectivity index is 2.30. The van der Waals surface area contributed by atoms with Gasteiger partial charge in [0.1, 0.15) is 24.2 Å². The number of aromatic nitrogens is 2. The van der Waals surface area contributed by atoms with Crippen molar-refractivity contribution >= 4 is 41.4 Å². The van der Waals surface area contributed by atoms with Gasteiger partial charge in [0.15, 0.2) is 0 Å². The maximum Gasteiger partial charge on any atom is 0.243 e. The molecule has 226 valence electrons. The number of carbonyl (C=O) groups is 7. The molecule has 1 aromatic rings. The molecule has 0 radical (unpaired) electrons. The van der Waals surface area contributed by atoms with Crippen LogP contribution in [0.5, 0.6) is 0 Å². The second kappa shape index (κ2) is 15.9. The maximum atomic E-state index is 13.1. The van der Waals surface area contributed by atoms with E-state index in [9.17, 15) is 33.6 Å². The van der Waals surface area contributed by atoms with Gasteiger partial charge in [0, 0.05) is 31.8 Å². The van der Waals surface area contributed by atoms with Gasteiger partial charge in [-0.05, 0) is 25.2 Å². The van der Waals surface area contributed by atoms with Gasteiger partial charge in [0.05, 0.1) is 19.3 Å². The van der Waals surface area contributed by atoms with Gasteiger partial charge in [-0.25, -0.2) is 4.98 Å². The van der Waals surface area contributed by atoms with Crippen molar-refractivity contribution < 1.29 is 33.6 Å². The molecule has 4 atom stereocenters. The summed E-state index contributed by atoms with van der Waals surface area (Å²) >= 11 is 0. The Kier molecular flexibility index (Phi) is 12.7. The smallest absolute Gasteiger partial charge is 0.243 e. The SMILES string of the molecule is CC(=O)NC1CC(=O)NCCCC[C@@H](C(N)=O)NC(=O)[C@H](C(C)C)NC(=O)CNC(=O)[C@H](Cc2cnc[nH]2)NC1=O. The van der Waals surface area contributed by atoms with E-state index >= 15 is 0 Å². The minimum absolute atomic E-state index is 0.0380. The molecule has 2 rings (SSSR count). The lowest BCUT2D eigenvalue weighted by molar-refractivity contribution is -0.134. The molecule has 7 amide bonds. The van der Waals surface area contributed by atoms with Crippen LogP contribution in [0.15, 0.2) is 12.5 Å². The average Bonchev–Trinajstić information content (AvgIpc) is 3.40. The van der Waals surface area contributed by atoms with Crippen molar-refractivity contribution in [1.29, 1.82) is 0 Å². The lowest BCUT2D eigenvalue weighted by Crippen LogP contribution is -2.57. The standard InChI is InChI=1S/C25H39N9O7/c1-13(2)21-25(41)32-16(22(26)38)6-4-5-7-28-19(36)9-18(31-14(3)35)24(40)33-17(8-15-10-27-12-30-15)23(39)29-11-20(37)34-21/h10,12-13,16-18,21H,4-9,11H2,1-3H3,(H2,26,38)(H,27,30)(H,28,36)(H,29,39)(H,31,35)(H,32,41)(H,33,40)(H,34,37)/t16-,17-,18?,21-/m0/s1. The number of H-pyrrole nitrogens is 1. The quantitative estimate of drug-likeness (QED) is 0.177. The first-order chi connectivity index (χ1) is 19.4. The van der Waals surface area contributed by atoms with Crippen molar-refractivity contribution in [2.45, 2.75) is 77.0 Å². The second-order valence-electron chi connectivity index (χ2n) is 10.1. The van der Waals surface area contributed by atoms with Crippen LogP contribution < -0.4 is 37.6 Å². The van der Waals surface area contributed by atoms with Crippen LogP contribution in [0, 0.1) is 5.92 Å². The second-order valence-corrected chi connectivity index (χ2v) is 10.1. The third-order valence-corrected chi connectivity index (χ3v) is 6.29. The molecule has 1 saturated heterocycles. The first-order valence-electron chi connectivity index (χ1n) is 13.4. The number of nitrogens with one attached hydrogen (secondary N) is 7. The molecule has 1 aliphatic heterocycles. The van der Waals surface area contributed by atoms with Crippen molar-refractivity contribution in [3.05, 3.63) is 18.2 Å². The van der Waals surface area contributed by atoms with Crippen LogP contribution in [-0.4, -0.2) is 88.6 Å². The van der Waals surface area contributed by atoms with Gasteiger partial charge in [-0.15, -0.1) is 0 Å². The predicted molar refractivity (Wildman–Crippen MR) is 144 cm³/mol. The molecule has 1 unspecified atom stereocenters. The van der Waals surface area contributed by atoms with E-state index in [1.807, 2.05) is 0 Å². The van der Waals surface area contributed by atoms with E-state index < -0.39 is 78.5 Å². The summed E-state index contributed by atoms with van der Waals surface area (Å²) in [5.41, 5.74) is 5.96. The number of hydrogen-bond acceptors (Lipinski definition) is 8. The zero-order valence-electron chi connectivity index (χ0n) is 23.4. The molecule has 0 aliphatic carbocycles. The van der Waals surface area contributed by atoms with Crippen LogP contribution >= 0.6 is 0 Å². The van der Waals surface area contributed by atoms with Gasteiger partial charge in [-0.3, -0.25) is 33.6 Å². The van der Waals surface area contributed by atoms with E-state index in [-0.39, 0.29) is 25.3 Å². The van der Waals surface area contributed by atoms with Crippen molar-refractivity contribution in [1.82, 2.24) is 41.9 Å². The molecule has 9 N–H and O–H groups in total. The van der Waals surface area contributed by atoms with E-state index in [0.29, 0.717) is 18.5 Å². The summed E-state index contributed by atoms with van der Waals surface area (Å²) in [4.78, 5) is 94.7. The van der Waals surface area contributed by atoms with Crippen molar-refractivity contribution in [3.8, 4) is 0 Å². The molecule has 2 heterocycles. The van der Waals surface area contributed by atoms with E-state index in [1.54, 1.807) is 13.8 Å². The highest BCUT2D eigenvalue weighted by Gasteiger charge is 2.30. The van der Waals surface area contributed by atoms with E-state index in [2.05, 4.69) is 41.9 Å². The Morgan fingerprint density at radius 3 is 2.34 bits per heavy atom. The predicted octanol–water partition coefficient (Wildman–Crippen LogP) is -3.14. The Labute approximate surface area is 237 Å². The number of aromatic amines is 1. The first kappa shape index (κ1) is 32.7. The zero-order valence-corrected chi connectivity index (χ0v) is 23.4. The molecule has 0 aromatic carbocycles. The van der Waals surface area contributed by atoms with E-state index in [4.69, 9.17) is 5.73 Å². The van der Waals surface area contributed by atoms with Gasteiger partial charge in [-0.2, -0.15) is 0 Å². The molecule has 1 aromatic heterocycles. The number of imidazole rings is 1. The topological polar surface area (TPSA) is 246 Å². The molecule has 0 bridgehead atoms. The lowest BCUT2D eigenvalue weighted by atomic mass is 10.0. The Hall–Kier alpha value is -4.50. The minimum Gasteiger partial charge on any atom is -0.368 e. The largest absolute Gasteiger partial charge is 0.368 e. The van der Waals surface area contributed by atoms with Crippen LogP contribution in [-0.2, 0) is 40.0 Å². The van der Waals surface area contributed by atoms with E-state index in [0.717, 1.165) is 0 Å². The first-order valence-corrected chi connectivity index (χ1v) is 13.4. The summed E-state index contributed by atoms with van der Waals surface area (Å²) in [5.74, 6) is -5.02. The van der Waals surface area contributed by atoms with Crippen molar-refractivity contribution in [3.63, 3.8) is 0 Å². The van der Waals surface area contributed by atoms with Crippen molar-refractivity contribution in [2.24, 2.45) is 11.7 Å². The van der Waals surface area contributed by atoms with Gasteiger partial charge in [0.2, 0.25) is 41.4 Å². The van der Waals surface area contributed by atoms with Crippen LogP contribution in [0.4, 0.5) is 0 Å². The monoisotopic (exact) mass is 577 g/mol. The molecule has 41 heavy (non-hydrogen) atoms. The number of hydrogen-bond donors (Lipinski definition) is 8. The molecule has 1 fully saturated rings. The summed E-state index contributed by atoms with van der Waals surface area (Å²) in [7, 11) is 0. The van der Waals surface area contributed by atoms with E-state index in [1.165, 1.54) is 19.4 Å². The van der Waals surface area contributed by atoms with Gasteiger partial charge in [0.25, 0.3) is 0 Å². The number of amides is 7. The molecular formula is C25H39N9O7. The molecule has 0 saturated carbocycles. The highest BCUT2D eigenvalue weighted by atomic mass is 16.2. The highest BCUT2D eigenvalue weighted by molar-refractivity contribution is 5.96. The van der Waals surface area contributed by atoms with Gasteiger partial charge < -0.3 is 42.6 Å². The zero-order chi connectivity index (χ0) is 30.5. The van der Waals surface area contributed by atoms with Crippen LogP contribution in [0.3, 0.4) is 0 Å². The molecule has 1 aliphatic rings. The third-order valence-electron chi connectivity index (χ3n) is 6.29. The number of primary amides is 1. The summed E-state index contributed by atoms with van der Waals surface area (Å²) in [6, 6.07) is -4.51. The average molecular weight is 578 g/mol. The van der Waals surface area contributed by atoms with Gasteiger partial charge in [-0.1, -0.05) is 13.8 Å². The normalized spacial score (nSPS) is 24.2. The Morgan fingerprint density at radius 1 is 1.00 bits per heavy atom. The minimum atomic E-state index is -1.28. The molecule has 0 spiro atoms. The Morgan fingerprint density at radius 2 is 1.73 bits per heavy atom. The third kappa shape index (κ3) is 11.3. The van der Waals surface area contributed by atoms with Crippen LogP contribution in [0.25, 0.3) is 0 Å². The van der Waals surface area contributed by atoms with Crippen LogP contribution in [0.1, 0.15) is 52.1 Å². The molecule has 16 heteroatoms. The fourth-order valence-electron chi connectivity index (χ4n) is 4.11. The fourth-order valence-corrected chi connectivity index (χ4v) is 4.11. The number of nitrogens with zero attached hydrogens (tertiary/aromatic N) is 1. The number of nitrogens with two attached hydrogens (primary N) is 1. The highest BCUT2D eigenvalue weighted by Crippen LogP contribution is 2.07. The fraction of sp³-hybridized carbons (Fsp3) is 0.600. The number of carbonyl (C=O) groups excluding carboxylic acids is 7.